The minimum absolute atomic E-state index is 0.0316. The Morgan fingerprint density at radius 1 is 1.33 bits per heavy atom. The smallest absolute Gasteiger partial charge is 0.253 e. The molecule has 4 aliphatic rings. The largest absolute Gasteiger partial charge is 0.510 e. The third kappa shape index (κ3) is 2.46. The molecule has 1 aromatic heterocycles. The van der Waals surface area contributed by atoms with E-state index in [0.717, 1.165) is 0 Å². The van der Waals surface area contributed by atoms with Gasteiger partial charge in [-0.15, -0.1) is 0 Å². The van der Waals surface area contributed by atoms with Gasteiger partial charge in [-0.3, -0.25) is 14.5 Å². The van der Waals surface area contributed by atoms with Crippen LogP contribution < -0.4 is 5.73 Å². The predicted molar refractivity (Wildman–Crippen MR) is 112 cm³/mol. The number of aliphatic hydroxyl groups is 4. The SMILES string of the molecule is CN(C)[C@@H]1C(O)=C(C(N)=O)C2(O)O[C@@]23C(=O)C2=C(O)c4c(O)c(CO)nc(Cl)c4C[C@H]2C[C@@H]13. The number of halogens is 1. The molecule has 1 saturated carbocycles. The summed E-state index contributed by atoms with van der Waals surface area (Å²) in [6, 6.07) is -0.872. The van der Waals surface area contributed by atoms with Crippen molar-refractivity contribution in [3.8, 4) is 5.75 Å². The monoisotopic (exact) mass is 479 g/mol. The van der Waals surface area contributed by atoms with E-state index in [1.807, 2.05) is 0 Å². The van der Waals surface area contributed by atoms with Crippen LogP contribution in [0.25, 0.3) is 5.76 Å². The standard InChI is InChI=1S/C21H22ClN3O8/c1-25(2)13-8-4-6-3-7-11(14(27)9(5-26)24-18(7)22)15(28)10(6)17(30)20(8)21(32,33-20)12(16(13)29)19(23)31/h6,8,13,26-29,32H,3-5H2,1-2H3,(H2,23,31)/t6-,8-,13-,20-,21?/m0/s1. The van der Waals surface area contributed by atoms with E-state index in [1.165, 1.54) is 0 Å². The molecule has 2 heterocycles. The highest BCUT2D eigenvalue weighted by Gasteiger charge is 2.85. The van der Waals surface area contributed by atoms with E-state index in [0.29, 0.717) is 5.56 Å². The van der Waals surface area contributed by atoms with Crippen LogP contribution >= 0.6 is 11.6 Å². The summed E-state index contributed by atoms with van der Waals surface area (Å²) in [5.41, 5.74) is 2.79. The van der Waals surface area contributed by atoms with Gasteiger partial charge in [-0.05, 0) is 32.9 Å². The first-order valence-electron chi connectivity index (χ1n) is 10.2. The number of Topliss-reactive ketones (excluding diaryl/α,β-unsaturated/α-hetero) is 1. The molecule has 176 valence electrons. The van der Waals surface area contributed by atoms with Gasteiger partial charge in [0.25, 0.3) is 5.91 Å². The number of carbonyl (C=O) groups excluding carboxylic acids is 2. The van der Waals surface area contributed by atoms with Crippen molar-refractivity contribution in [2.24, 2.45) is 17.6 Å². The number of amides is 1. The Morgan fingerprint density at radius 2 is 2.00 bits per heavy atom. The van der Waals surface area contributed by atoms with Gasteiger partial charge in [-0.25, -0.2) is 4.98 Å². The number of pyridine rings is 1. The molecule has 12 heteroatoms. The number of hydrogen-bond donors (Lipinski definition) is 6. The van der Waals surface area contributed by atoms with Gasteiger partial charge in [0.1, 0.15) is 27.9 Å². The quantitative estimate of drug-likeness (QED) is 0.247. The number of likely N-dealkylation sites (N-methyl/N-ethyl adjacent to an activating group) is 1. The molecule has 5 rings (SSSR count). The van der Waals surface area contributed by atoms with Crippen LogP contribution in [0.15, 0.2) is 16.9 Å². The summed E-state index contributed by atoms with van der Waals surface area (Å²) in [6.07, 6.45) is 0.300. The van der Waals surface area contributed by atoms with Crippen LogP contribution in [-0.2, 0) is 27.4 Å². The number of carbonyl (C=O) groups is 2. The van der Waals surface area contributed by atoms with Crippen molar-refractivity contribution in [1.82, 2.24) is 9.88 Å². The lowest BCUT2D eigenvalue weighted by Gasteiger charge is -2.45. The first-order valence-corrected chi connectivity index (χ1v) is 10.6. The lowest BCUT2D eigenvalue weighted by Crippen LogP contribution is -2.60. The molecule has 1 unspecified atom stereocenters. The third-order valence-electron chi connectivity index (χ3n) is 7.27. The number of hydrogen-bond acceptors (Lipinski definition) is 10. The fourth-order valence-electron chi connectivity index (χ4n) is 5.92. The van der Waals surface area contributed by atoms with Crippen LogP contribution in [0.2, 0.25) is 5.15 Å². The predicted octanol–water partition coefficient (Wildman–Crippen LogP) is -0.338. The van der Waals surface area contributed by atoms with Gasteiger partial charge in [-0.2, -0.15) is 0 Å². The summed E-state index contributed by atoms with van der Waals surface area (Å²) in [4.78, 5) is 31.5. The average molecular weight is 480 g/mol. The second-order valence-electron chi connectivity index (χ2n) is 9.06. The number of rotatable bonds is 3. The summed E-state index contributed by atoms with van der Waals surface area (Å²) in [6.45, 7) is -0.649. The molecular formula is C21H22ClN3O8. The van der Waals surface area contributed by atoms with Crippen LogP contribution in [0.5, 0.6) is 5.75 Å². The fraction of sp³-hybridized carbons (Fsp3) is 0.476. The Hall–Kier alpha value is -2.70. The highest BCUT2D eigenvalue weighted by Crippen LogP contribution is 2.67. The second-order valence-corrected chi connectivity index (χ2v) is 9.42. The lowest BCUT2D eigenvalue weighted by molar-refractivity contribution is -0.127. The highest BCUT2D eigenvalue weighted by molar-refractivity contribution is 6.30. The Bertz CT molecular complexity index is 1210. The molecule has 1 spiro atoms. The molecule has 11 nitrogen and oxygen atoms in total. The van der Waals surface area contributed by atoms with E-state index >= 15 is 0 Å². The number of fused-ring (bicyclic) bond motifs is 2. The molecule has 0 bridgehead atoms. The molecule has 1 aliphatic heterocycles. The van der Waals surface area contributed by atoms with Gasteiger partial charge in [0.15, 0.2) is 11.4 Å². The Kier molecular flexibility index (Phi) is 4.47. The van der Waals surface area contributed by atoms with Crippen molar-refractivity contribution in [2.45, 2.75) is 36.9 Å². The molecule has 7 N–H and O–H groups in total. The van der Waals surface area contributed by atoms with Crippen molar-refractivity contribution >= 4 is 29.1 Å². The number of epoxide rings is 1. The molecule has 5 atom stereocenters. The molecule has 1 saturated heterocycles. The van der Waals surface area contributed by atoms with Crippen molar-refractivity contribution < 1.29 is 39.9 Å². The lowest BCUT2D eigenvalue weighted by atomic mass is 9.59. The number of aromatic hydroxyl groups is 1. The molecule has 2 fully saturated rings. The van der Waals surface area contributed by atoms with E-state index in [-0.39, 0.29) is 34.8 Å². The molecule has 0 radical (unpaired) electrons. The Labute approximate surface area is 192 Å². The molecule has 3 aliphatic carbocycles. The second kappa shape index (κ2) is 6.67. The third-order valence-corrected chi connectivity index (χ3v) is 7.58. The van der Waals surface area contributed by atoms with E-state index in [4.69, 9.17) is 22.1 Å². The fourth-order valence-corrected chi connectivity index (χ4v) is 6.20. The normalized spacial score (nSPS) is 34.6. The molecule has 1 amide bonds. The maximum absolute atomic E-state index is 13.8. The summed E-state index contributed by atoms with van der Waals surface area (Å²) < 4.78 is 5.55. The Morgan fingerprint density at radius 3 is 2.58 bits per heavy atom. The average Bonchev–Trinajstić information content (AvgIpc) is 3.35. The van der Waals surface area contributed by atoms with E-state index < -0.39 is 70.4 Å². The highest BCUT2D eigenvalue weighted by atomic mass is 35.5. The molecule has 1 aromatic rings. The number of primary amides is 1. The minimum atomic E-state index is -2.44. The summed E-state index contributed by atoms with van der Waals surface area (Å²) >= 11 is 6.26. The minimum Gasteiger partial charge on any atom is -0.510 e. The summed E-state index contributed by atoms with van der Waals surface area (Å²) in [5, 5.41) is 53.1. The van der Waals surface area contributed by atoms with Crippen molar-refractivity contribution in [1.29, 1.82) is 0 Å². The van der Waals surface area contributed by atoms with Crippen molar-refractivity contribution in [3.63, 3.8) is 0 Å². The number of nitrogens with zero attached hydrogens (tertiary/aromatic N) is 2. The zero-order chi connectivity index (χ0) is 24.2. The van der Waals surface area contributed by atoms with Gasteiger partial charge in [0.2, 0.25) is 11.6 Å². The number of ketones is 1. The molecule has 33 heavy (non-hydrogen) atoms. The summed E-state index contributed by atoms with van der Waals surface area (Å²) in [5.74, 6) is -7.28. The zero-order valence-corrected chi connectivity index (χ0v) is 18.4. The first-order chi connectivity index (χ1) is 15.4. The Balaban J connectivity index is 1.74. The first kappa shape index (κ1) is 22.1. The number of nitrogens with two attached hydrogens (primary N) is 1. The van der Waals surface area contributed by atoms with E-state index in [2.05, 4.69) is 4.98 Å². The molecule has 0 aromatic carbocycles. The van der Waals surface area contributed by atoms with E-state index in [9.17, 15) is 35.1 Å². The maximum atomic E-state index is 13.8. The van der Waals surface area contributed by atoms with Gasteiger partial charge in [0.05, 0.1) is 18.2 Å². The van der Waals surface area contributed by atoms with Crippen molar-refractivity contribution in [2.75, 3.05) is 14.1 Å². The maximum Gasteiger partial charge on any atom is 0.253 e. The molecular weight excluding hydrogens is 458 g/mol. The van der Waals surface area contributed by atoms with Crippen LogP contribution in [0.3, 0.4) is 0 Å². The van der Waals surface area contributed by atoms with Crippen LogP contribution in [0.1, 0.15) is 23.2 Å². The van der Waals surface area contributed by atoms with Crippen LogP contribution in [-0.4, -0.2) is 78.6 Å². The van der Waals surface area contributed by atoms with Crippen molar-refractivity contribution in [3.05, 3.63) is 38.9 Å². The number of aliphatic hydroxyl groups excluding tert-OH is 3. The zero-order valence-electron chi connectivity index (χ0n) is 17.7. The van der Waals surface area contributed by atoms with Gasteiger partial charge in [-0.1, -0.05) is 11.6 Å². The van der Waals surface area contributed by atoms with Gasteiger partial charge < -0.3 is 36.0 Å². The van der Waals surface area contributed by atoms with Crippen LogP contribution in [0.4, 0.5) is 0 Å². The topological polar surface area (TPSA) is 190 Å². The van der Waals surface area contributed by atoms with Gasteiger partial charge >= 0.3 is 0 Å². The summed E-state index contributed by atoms with van der Waals surface area (Å²) in [7, 11) is 3.28. The van der Waals surface area contributed by atoms with Gasteiger partial charge in [0, 0.05) is 17.1 Å². The number of aromatic nitrogens is 1. The van der Waals surface area contributed by atoms with Crippen LogP contribution in [0, 0.1) is 11.8 Å². The van der Waals surface area contributed by atoms with E-state index in [1.54, 1.807) is 19.0 Å². The number of ether oxygens (including phenoxy) is 1.